The minimum Gasteiger partial charge on any atom is -0.348 e. The number of nitrogens with one attached hydrogen (secondary N) is 1. The smallest absolute Gasteiger partial charge is 0.247 e. The van der Waals surface area contributed by atoms with Crippen LogP contribution in [0.3, 0.4) is 0 Å². The van der Waals surface area contributed by atoms with Gasteiger partial charge >= 0.3 is 0 Å². The first-order valence-corrected chi connectivity index (χ1v) is 12.3. The van der Waals surface area contributed by atoms with Gasteiger partial charge in [-0.2, -0.15) is 0 Å². The van der Waals surface area contributed by atoms with Crippen LogP contribution in [-0.2, 0) is 29.1 Å². The van der Waals surface area contributed by atoms with Gasteiger partial charge in [0.1, 0.15) is 6.04 Å². The van der Waals surface area contributed by atoms with Crippen LogP contribution in [0.25, 0.3) is 0 Å². The number of halogens is 2. The van der Waals surface area contributed by atoms with Gasteiger partial charge in [0.15, 0.2) is 0 Å². The van der Waals surface area contributed by atoms with Crippen LogP contribution >= 0.6 is 23.2 Å². The number of aromatic nitrogens is 1. The molecule has 0 saturated heterocycles. The minimum absolute atomic E-state index is 0.127. The van der Waals surface area contributed by atoms with Crippen molar-refractivity contribution in [2.75, 3.05) is 0 Å². The molecule has 4 aromatic rings. The summed E-state index contributed by atoms with van der Waals surface area (Å²) in [6, 6.07) is 28.4. The first-order chi connectivity index (χ1) is 17.5. The maximum Gasteiger partial charge on any atom is 0.247 e. The van der Waals surface area contributed by atoms with Crippen molar-refractivity contribution < 1.29 is 9.59 Å². The number of hydrogen-bond donors (Lipinski definition) is 1. The zero-order valence-corrected chi connectivity index (χ0v) is 21.0. The van der Waals surface area contributed by atoms with E-state index >= 15 is 0 Å². The second-order valence-electron chi connectivity index (χ2n) is 8.30. The molecule has 36 heavy (non-hydrogen) atoms. The molecule has 5 nitrogen and oxygen atoms in total. The van der Waals surface area contributed by atoms with Crippen LogP contribution in [0.2, 0.25) is 10.0 Å². The molecule has 7 heteroatoms. The maximum atomic E-state index is 13.7. The molecule has 0 bridgehead atoms. The highest BCUT2D eigenvalue weighted by Gasteiger charge is 2.31. The molecule has 1 heterocycles. The minimum atomic E-state index is -0.842. The van der Waals surface area contributed by atoms with Crippen LogP contribution in [-0.4, -0.2) is 21.7 Å². The third-order valence-corrected chi connectivity index (χ3v) is 6.20. The fourth-order valence-electron chi connectivity index (χ4n) is 3.87. The number of carbonyl (C=O) groups is 2. The Morgan fingerprint density at radius 3 is 2.00 bits per heavy atom. The normalized spacial score (nSPS) is 11.5. The van der Waals surface area contributed by atoms with Gasteiger partial charge in [0, 0.05) is 22.8 Å². The Balaban J connectivity index is 1.67. The number of carbonyl (C=O) groups excluding carboxylic acids is 2. The highest BCUT2D eigenvalue weighted by atomic mass is 35.5. The Hall–Kier alpha value is -3.67. The zero-order chi connectivity index (χ0) is 25.3. The summed E-state index contributed by atoms with van der Waals surface area (Å²) in [5.41, 5.74) is 3.12. The number of nitrogens with zero attached hydrogens (tertiary/aromatic N) is 2. The van der Waals surface area contributed by atoms with Gasteiger partial charge in [-0.3, -0.25) is 14.6 Å². The third-order valence-electron chi connectivity index (χ3n) is 5.70. The predicted octanol–water partition coefficient (Wildman–Crippen LogP) is 6.02. The average Bonchev–Trinajstić information content (AvgIpc) is 2.91. The second-order valence-corrected chi connectivity index (χ2v) is 9.18. The van der Waals surface area contributed by atoms with Crippen molar-refractivity contribution in [1.29, 1.82) is 0 Å². The second kappa shape index (κ2) is 12.3. The molecule has 1 atom stereocenters. The Morgan fingerprint density at radius 2 is 1.39 bits per heavy atom. The molecule has 0 radical (unpaired) electrons. The summed E-state index contributed by atoms with van der Waals surface area (Å²) in [7, 11) is 0. The number of rotatable bonds is 9. The summed E-state index contributed by atoms with van der Waals surface area (Å²) < 4.78 is 0. The quantitative estimate of drug-likeness (QED) is 0.295. The van der Waals surface area contributed by atoms with Crippen LogP contribution in [0.4, 0.5) is 0 Å². The van der Waals surface area contributed by atoms with Gasteiger partial charge < -0.3 is 10.2 Å². The lowest BCUT2D eigenvalue weighted by molar-refractivity contribution is -0.141. The third kappa shape index (κ3) is 6.94. The van der Waals surface area contributed by atoms with Gasteiger partial charge in [0.25, 0.3) is 0 Å². The van der Waals surface area contributed by atoms with Crippen molar-refractivity contribution in [3.63, 3.8) is 0 Å². The molecule has 4 rings (SSSR count). The summed E-state index contributed by atoms with van der Waals surface area (Å²) >= 11 is 12.1. The first-order valence-electron chi connectivity index (χ1n) is 11.5. The number of benzene rings is 3. The van der Waals surface area contributed by atoms with Gasteiger partial charge in [-0.15, -0.1) is 0 Å². The molecule has 2 amide bonds. The Labute approximate surface area is 220 Å². The summed E-state index contributed by atoms with van der Waals surface area (Å²) in [6.45, 7) is 0.489. The van der Waals surface area contributed by atoms with Gasteiger partial charge in [-0.05, 0) is 53.1 Å². The monoisotopic (exact) mass is 517 g/mol. The molecule has 0 saturated carbocycles. The van der Waals surface area contributed by atoms with E-state index in [-0.39, 0.29) is 31.3 Å². The van der Waals surface area contributed by atoms with Gasteiger partial charge in [0.05, 0.1) is 18.7 Å². The first kappa shape index (κ1) is 25.4. The molecule has 0 aliphatic heterocycles. The Kier molecular flexibility index (Phi) is 8.71. The molecule has 1 aromatic heterocycles. The van der Waals surface area contributed by atoms with E-state index in [0.29, 0.717) is 10.0 Å². The van der Waals surface area contributed by atoms with E-state index in [2.05, 4.69) is 10.3 Å². The standard InChI is InChI=1S/C29H25Cl2N3O2/c30-24-13-9-21(10-14-24)18-27(35)34(20-22-11-15-25(31)16-12-22)28(23-6-2-1-3-7-23)29(36)33-19-26-8-4-5-17-32-26/h1-17,28H,18-20H2,(H,33,36). The van der Waals surface area contributed by atoms with E-state index in [9.17, 15) is 9.59 Å². The Morgan fingerprint density at radius 1 is 0.778 bits per heavy atom. The molecule has 1 unspecified atom stereocenters. The summed E-state index contributed by atoms with van der Waals surface area (Å²) in [5.74, 6) is -0.473. The van der Waals surface area contributed by atoms with Gasteiger partial charge in [-0.25, -0.2) is 0 Å². The molecule has 1 N–H and O–H groups in total. The number of hydrogen-bond acceptors (Lipinski definition) is 3. The summed E-state index contributed by atoms with van der Waals surface area (Å²) in [5, 5.41) is 4.17. The van der Waals surface area contributed by atoms with Crippen LogP contribution in [0.1, 0.15) is 28.4 Å². The predicted molar refractivity (Wildman–Crippen MR) is 142 cm³/mol. The van der Waals surface area contributed by atoms with Gasteiger partial charge in [-0.1, -0.05) is 83.9 Å². The highest BCUT2D eigenvalue weighted by molar-refractivity contribution is 6.30. The number of pyridine rings is 1. The van der Waals surface area contributed by atoms with Crippen LogP contribution in [0.5, 0.6) is 0 Å². The van der Waals surface area contributed by atoms with E-state index in [1.54, 1.807) is 35.4 Å². The topological polar surface area (TPSA) is 62.3 Å². The van der Waals surface area contributed by atoms with Crippen molar-refractivity contribution in [2.45, 2.75) is 25.6 Å². The van der Waals surface area contributed by atoms with E-state index in [4.69, 9.17) is 23.2 Å². The lowest BCUT2D eigenvalue weighted by Crippen LogP contribution is -2.44. The molecule has 0 spiro atoms. The lowest BCUT2D eigenvalue weighted by atomic mass is 10.0. The molecule has 3 aromatic carbocycles. The summed E-state index contributed by atoms with van der Waals surface area (Å²) in [6.07, 6.45) is 1.81. The van der Waals surface area contributed by atoms with Crippen molar-refractivity contribution in [3.8, 4) is 0 Å². The lowest BCUT2D eigenvalue weighted by Gasteiger charge is -2.32. The maximum absolute atomic E-state index is 13.7. The molecular weight excluding hydrogens is 493 g/mol. The SMILES string of the molecule is O=C(NCc1ccccn1)C(c1ccccc1)N(Cc1ccc(Cl)cc1)C(=O)Cc1ccc(Cl)cc1. The highest BCUT2D eigenvalue weighted by Crippen LogP contribution is 2.26. The van der Waals surface area contributed by atoms with Crippen molar-refractivity contribution in [1.82, 2.24) is 15.2 Å². The van der Waals surface area contributed by atoms with E-state index in [1.807, 2.05) is 72.8 Å². The fourth-order valence-corrected chi connectivity index (χ4v) is 4.13. The number of amides is 2. The van der Waals surface area contributed by atoms with Gasteiger partial charge in [0.2, 0.25) is 11.8 Å². The Bertz CT molecular complexity index is 1280. The van der Waals surface area contributed by atoms with Crippen molar-refractivity contribution >= 4 is 35.0 Å². The largest absolute Gasteiger partial charge is 0.348 e. The fraction of sp³-hybridized carbons (Fsp3) is 0.138. The zero-order valence-electron chi connectivity index (χ0n) is 19.5. The van der Waals surface area contributed by atoms with E-state index < -0.39 is 6.04 Å². The van der Waals surface area contributed by atoms with Crippen LogP contribution in [0.15, 0.2) is 103 Å². The van der Waals surface area contributed by atoms with E-state index in [0.717, 1.165) is 22.4 Å². The molecular formula is C29H25Cl2N3O2. The molecule has 0 aliphatic rings. The van der Waals surface area contributed by atoms with Crippen LogP contribution in [0, 0.1) is 0 Å². The molecule has 182 valence electrons. The summed E-state index contributed by atoms with van der Waals surface area (Å²) in [4.78, 5) is 33.3. The van der Waals surface area contributed by atoms with Crippen molar-refractivity contribution in [3.05, 3.63) is 136 Å². The molecule has 0 aliphatic carbocycles. The average molecular weight is 518 g/mol. The van der Waals surface area contributed by atoms with E-state index in [1.165, 1.54) is 0 Å². The van der Waals surface area contributed by atoms with Crippen LogP contribution < -0.4 is 5.32 Å². The van der Waals surface area contributed by atoms with Crippen molar-refractivity contribution in [2.24, 2.45) is 0 Å². The molecule has 0 fully saturated rings.